The second-order valence-electron chi connectivity index (χ2n) is 6.49. The van der Waals surface area contributed by atoms with Crippen LogP contribution in [0.25, 0.3) is 0 Å². The number of ketones is 1. The van der Waals surface area contributed by atoms with E-state index in [-0.39, 0.29) is 22.8 Å². The van der Waals surface area contributed by atoms with Gasteiger partial charge in [0.2, 0.25) is 0 Å². The van der Waals surface area contributed by atoms with Crippen LogP contribution in [-0.2, 0) is 33.3 Å². The maximum atomic E-state index is 11.8. The fourth-order valence-electron chi connectivity index (χ4n) is 3.07. The van der Waals surface area contributed by atoms with Gasteiger partial charge in [0.25, 0.3) is 0 Å². The molecule has 1 saturated heterocycles. The van der Waals surface area contributed by atoms with E-state index in [2.05, 4.69) is 0 Å². The van der Waals surface area contributed by atoms with Crippen molar-refractivity contribution < 1.29 is 43.2 Å². The van der Waals surface area contributed by atoms with Gasteiger partial charge in [0, 0.05) is 31.4 Å². The Morgan fingerprint density at radius 2 is 1.59 bits per heavy atom. The minimum Gasteiger partial charge on any atom is -0.507 e. The van der Waals surface area contributed by atoms with Crippen LogP contribution in [0.4, 0.5) is 0 Å². The molecule has 158 valence electrons. The molecule has 0 saturated carbocycles. The SMILES string of the molecule is CC(=O)OC[C@H]1O[C@@H](c2cc(Cl)cc(C(C)=O)c2O)[C@H](OC(C)=O)[C@@H]1OC(C)=O. The summed E-state index contributed by atoms with van der Waals surface area (Å²) in [6, 6.07) is 2.64. The van der Waals surface area contributed by atoms with Gasteiger partial charge in [-0.05, 0) is 19.1 Å². The first-order valence-electron chi connectivity index (χ1n) is 8.67. The minimum absolute atomic E-state index is 0.0508. The summed E-state index contributed by atoms with van der Waals surface area (Å²) in [5.41, 5.74) is 0.0153. The van der Waals surface area contributed by atoms with Crippen molar-refractivity contribution in [2.24, 2.45) is 0 Å². The predicted molar refractivity (Wildman–Crippen MR) is 98.5 cm³/mol. The van der Waals surface area contributed by atoms with Crippen molar-refractivity contribution in [3.05, 3.63) is 28.3 Å². The maximum Gasteiger partial charge on any atom is 0.303 e. The summed E-state index contributed by atoms with van der Waals surface area (Å²) in [7, 11) is 0. The third-order valence-corrected chi connectivity index (χ3v) is 4.37. The summed E-state index contributed by atoms with van der Waals surface area (Å²) >= 11 is 6.08. The molecule has 0 spiro atoms. The van der Waals surface area contributed by atoms with Crippen LogP contribution >= 0.6 is 11.6 Å². The first kappa shape index (κ1) is 22.6. The number of carbonyl (C=O) groups excluding carboxylic acids is 4. The molecule has 1 aromatic carbocycles. The topological polar surface area (TPSA) is 125 Å². The van der Waals surface area contributed by atoms with Crippen molar-refractivity contribution in [1.29, 1.82) is 0 Å². The summed E-state index contributed by atoms with van der Waals surface area (Å²) in [6.07, 6.45) is -4.43. The quantitative estimate of drug-likeness (QED) is 0.411. The molecule has 1 aliphatic heterocycles. The van der Waals surface area contributed by atoms with Crippen LogP contribution in [0, 0.1) is 0 Å². The maximum absolute atomic E-state index is 11.8. The number of carbonyl (C=O) groups is 4. The lowest BCUT2D eigenvalue weighted by Crippen LogP contribution is -2.40. The van der Waals surface area contributed by atoms with E-state index in [0.717, 1.165) is 13.8 Å². The van der Waals surface area contributed by atoms with Crippen molar-refractivity contribution in [2.45, 2.75) is 52.1 Å². The molecule has 1 fully saturated rings. The molecule has 2 rings (SSSR count). The van der Waals surface area contributed by atoms with Crippen LogP contribution < -0.4 is 0 Å². The summed E-state index contributed by atoms with van der Waals surface area (Å²) in [5.74, 6) is -2.81. The van der Waals surface area contributed by atoms with Gasteiger partial charge in [-0.25, -0.2) is 0 Å². The van der Waals surface area contributed by atoms with E-state index < -0.39 is 53.9 Å². The van der Waals surface area contributed by atoms with Crippen LogP contribution in [0.5, 0.6) is 5.75 Å². The van der Waals surface area contributed by atoms with Crippen LogP contribution in [0.1, 0.15) is 49.7 Å². The lowest BCUT2D eigenvalue weighted by atomic mass is 9.97. The average Bonchev–Trinajstić information content (AvgIpc) is 2.91. The Morgan fingerprint density at radius 1 is 1.00 bits per heavy atom. The average molecular weight is 429 g/mol. The number of aromatic hydroxyl groups is 1. The van der Waals surface area contributed by atoms with Crippen molar-refractivity contribution in [1.82, 2.24) is 0 Å². The van der Waals surface area contributed by atoms with Gasteiger partial charge in [-0.3, -0.25) is 19.2 Å². The Morgan fingerprint density at radius 3 is 2.10 bits per heavy atom. The van der Waals surface area contributed by atoms with Crippen molar-refractivity contribution in [3.8, 4) is 5.75 Å². The highest BCUT2D eigenvalue weighted by Gasteiger charge is 2.51. The molecule has 1 N–H and O–H groups in total. The Kier molecular flexibility index (Phi) is 7.21. The number of hydrogen-bond acceptors (Lipinski definition) is 9. The van der Waals surface area contributed by atoms with E-state index in [1.165, 1.54) is 26.0 Å². The molecule has 0 amide bonds. The summed E-state index contributed by atoms with van der Waals surface area (Å²) in [5, 5.41) is 10.7. The summed E-state index contributed by atoms with van der Waals surface area (Å²) in [6.45, 7) is 4.46. The van der Waals surface area contributed by atoms with Crippen LogP contribution in [0.15, 0.2) is 12.1 Å². The van der Waals surface area contributed by atoms with Gasteiger partial charge >= 0.3 is 17.9 Å². The largest absolute Gasteiger partial charge is 0.507 e. The Labute approximate surface area is 171 Å². The Bertz CT molecular complexity index is 835. The molecule has 1 heterocycles. The molecule has 1 aliphatic rings. The van der Waals surface area contributed by atoms with Gasteiger partial charge in [0.05, 0.1) is 5.56 Å². The molecule has 0 aromatic heterocycles. The molecule has 0 unspecified atom stereocenters. The third-order valence-electron chi connectivity index (χ3n) is 4.15. The van der Waals surface area contributed by atoms with E-state index in [4.69, 9.17) is 30.5 Å². The minimum atomic E-state index is -1.18. The van der Waals surface area contributed by atoms with E-state index in [1.807, 2.05) is 0 Å². The summed E-state index contributed by atoms with van der Waals surface area (Å²) in [4.78, 5) is 46.3. The number of phenols is 1. The zero-order valence-electron chi connectivity index (χ0n) is 16.3. The fourth-order valence-corrected chi connectivity index (χ4v) is 3.30. The molecular weight excluding hydrogens is 408 g/mol. The van der Waals surface area contributed by atoms with Gasteiger partial charge in [-0.1, -0.05) is 11.6 Å². The van der Waals surface area contributed by atoms with E-state index >= 15 is 0 Å². The van der Waals surface area contributed by atoms with E-state index in [0.29, 0.717) is 0 Å². The van der Waals surface area contributed by atoms with Crippen LogP contribution in [0.2, 0.25) is 5.02 Å². The van der Waals surface area contributed by atoms with Crippen molar-refractivity contribution in [3.63, 3.8) is 0 Å². The van der Waals surface area contributed by atoms with Crippen LogP contribution in [0.3, 0.4) is 0 Å². The molecular formula is C19H21ClO9. The number of esters is 3. The zero-order valence-corrected chi connectivity index (χ0v) is 17.0. The molecule has 0 bridgehead atoms. The summed E-state index contributed by atoms with van der Waals surface area (Å²) < 4.78 is 21.3. The molecule has 9 nitrogen and oxygen atoms in total. The lowest BCUT2D eigenvalue weighted by molar-refractivity contribution is -0.165. The fraction of sp³-hybridized carbons (Fsp3) is 0.474. The smallest absolute Gasteiger partial charge is 0.303 e. The standard InChI is InChI=1S/C19H21ClO9/c1-8(21)13-5-12(20)6-14(16(13)25)17-19(28-11(4)24)18(27-10(3)23)15(29-17)7-26-9(2)22/h5-6,15,17-19,25H,7H2,1-4H3/t15-,17+,18-,19+/m1/s1. The first-order valence-corrected chi connectivity index (χ1v) is 9.05. The van der Waals surface area contributed by atoms with Gasteiger partial charge in [0.1, 0.15) is 24.6 Å². The highest BCUT2D eigenvalue weighted by atomic mass is 35.5. The number of rotatable bonds is 6. The Hall–Kier alpha value is -2.65. The predicted octanol–water partition coefficient (Wildman–Crippen LogP) is 2.11. The molecule has 0 aliphatic carbocycles. The number of benzene rings is 1. The highest BCUT2D eigenvalue weighted by molar-refractivity contribution is 6.31. The normalized spacial score (nSPS) is 23.3. The molecule has 0 radical (unpaired) electrons. The molecule has 10 heteroatoms. The molecule has 4 atom stereocenters. The Balaban J connectivity index is 2.53. The first-order chi connectivity index (χ1) is 13.5. The van der Waals surface area contributed by atoms with Crippen molar-refractivity contribution in [2.75, 3.05) is 6.61 Å². The highest BCUT2D eigenvalue weighted by Crippen LogP contribution is 2.43. The number of halogens is 1. The van der Waals surface area contributed by atoms with Crippen LogP contribution in [-0.4, -0.2) is 53.7 Å². The van der Waals surface area contributed by atoms with E-state index in [1.54, 1.807) is 0 Å². The van der Waals surface area contributed by atoms with Gasteiger partial charge in [0.15, 0.2) is 18.0 Å². The molecule has 1 aromatic rings. The monoisotopic (exact) mass is 428 g/mol. The molecule has 29 heavy (non-hydrogen) atoms. The number of hydrogen-bond donors (Lipinski definition) is 1. The van der Waals surface area contributed by atoms with Gasteiger partial charge < -0.3 is 24.1 Å². The number of Topliss-reactive ketones (excluding diaryl/α,β-unsaturated/α-hetero) is 1. The second kappa shape index (κ2) is 9.23. The lowest BCUT2D eigenvalue weighted by Gasteiger charge is -2.24. The van der Waals surface area contributed by atoms with Gasteiger partial charge in [-0.2, -0.15) is 0 Å². The van der Waals surface area contributed by atoms with Gasteiger partial charge in [-0.15, -0.1) is 0 Å². The zero-order chi connectivity index (χ0) is 21.9. The van der Waals surface area contributed by atoms with Crippen molar-refractivity contribution >= 4 is 35.3 Å². The number of ether oxygens (including phenoxy) is 4. The number of phenolic OH excluding ortho intramolecular Hbond substituents is 1. The second-order valence-corrected chi connectivity index (χ2v) is 6.93. The van der Waals surface area contributed by atoms with E-state index in [9.17, 15) is 24.3 Å². The third kappa shape index (κ3) is 5.45.